The van der Waals surface area contributed by atoms with E-state index in [9.17, 15) is 4.79 Å². The molecule has 0 fully saturated rings. The molecule has 6 heteroatoms. The normalized spacial score (nSPS) is 12.5. The number of H-pyrrole nitrogens is 1. The lowest BCUT2D eigenvalue weighted by atomic mass is 10.1. The SMILES string of the molecule is CN(Cc1cn[nH]c1)C(=O)c1ccc2c(c1)OCO2. The number of rotatable bonds is 3. The first-order valence-corrected chi connectivity index (χ1v) is 5.87. The Morgan fingerprint density at radius 2 is 2.26 bits per heavy atom. The van der Waals surface area contributed by atoms with Gasteiger partial charge in [0.1, 0.15) is 0 Å². The van der Waals surface area contributed by atoms with E-state index in [1.807, 2.05) is 0 Å². The van der Waals surface area contributed by atoms with E-state index in [0.717, 1.165) is 5.56 Å². The number of carbonyl (C=O) groups is 1. The molecule has 0 bridgehead atoms. The molecule has 19 heavy (non-hydrogen) atoms. The van der Waals surface area contributed by atoms with Crippen LogP contribution in [-0.4, -0.2) is 34.8 Å². The summed E-state index contributed by atoms with van der Waals surface area (Å²) in [7, 11) is 1.75. The summed E-state index contributed by atoms with van der Waals surface area (Å²) in [6, 6.07) is 5.19. The van der Waals surface area contributed by atoms with Crippen LogP contribution in [0.25, 0.3) is 0 Å². The minimum absolute atomic E-state index is 0.0699. The molecule has 0 saturated carbocycles. The van der Waals surface area contributed by atoms with Crippen LogP contribution in [0.1, 0.15) is 15.9 Å². The molecule has 0 aliphatic carbocycles. The van der Waals surface area contributed by atoms with Crippen molar-refractivity contribution in [2.24, 2.45) is 0 Å². The highest BCUT2D eigenvalue weighted by molar-refractivity contribution is 5.94. The Bertz CT molecular complexity index is 595. The van der Waals surface area contributed by atoms with Gasteiger partial charge in [-0.1, -0.05) is 0 Å². The van der Waals surface area contributed by atoms with E-state index in [2.05, 4.69) is 10.2 Å². The molecule has 98 valence electrons. The van der Waals surface area contributed by atoms with Crippen molar-refractivity contribution in [3.8, 4) is 11.5 Å². The van der Waals surface area contributed by atoms with Crippen molar-refractivity contribution in [1.29, 1.82) is 0 Å². The van der Waals surface area contributed by atoms with Gasteiger partial charge >= 0.3 is 0 Å². The van der Waals surface area contributed by atoms with Gasteiger partial charge in [0.25, 0.3) is 5.91 Å². The van der Waals surface area contributed by atoms with E-state index in [1.165, 1.54) is 0 Å². The Morgan fingerprint density at radius 3 is 3.05 bits per heavy atom. The number of fused-ring (bicyclic) bond motifs is 1. The molecule has 2 heterocycles. The fourth-order valence-electron chi connectivity index (χ4n) is 1.96. The van der Waals surface area contributed by atoms with Crippen molar-refractivity contribution in [3.63, 3.8) is 0 Å². The standard InChI is InChI=1S/C13H13N3O3/c1-16(7-9-5-14-15-6-9)13(17)10-2-3-11-12(4-10)19-8-18-11/h2-6H,7-8H2,1H3,(H,14,15). The summed E-state index contributed by atoms with van der Waals surface area (Å²) < 4.78 is 10.5. The maximum Gasteiger partial charge on any atom is 0.254 e. The van der Waals surface area contributed by atoms with Gasteiger partial charge in [0.05, 0.1) is 6.20 Å². The van der Waals surface area contributed by atoms with E-state index < -0.39 is 0 Å². The smallest absolute Gasteiger partial charge is 0.254 e. The molecule has 1 aromatic carbocycles. The molecular weight excluding hydrogens is 246 g/mol. The number of nitrogens with zero attached hydrogens (tertiary/aromatic N) is 2. The highest BCUT2D eigenvalue weighted by Crippen LogP contribution is 2.32. The lowest BCUT2D eigenvalue weighted by Crippen LogP contribution is -2.25. The summed E-state index contributed by atoms with van der Waals surface area (Å²) in [5.74, 6) is 1.22. The third-order valence-electron chi connectivity index (χ3n) is 2.94. The van der Waals surface area contributed by atoms with Crippen LogP contribution < -0.4 is 9.47 Å². The zero-order valence-electron chi connectivity index (χ0n) is 10.4. The van der Waals surface area contributed by atoms with Gasteiger partial charge in [0.15, 0.2) is 11.5 Å². The predicted molar refractivity (Wildman–Crippen MR) is 67.0 cm³/mol. The van der Waals surface area contributed by atoms with Gasteiger partial charge in [0.2, 0.25) is 6.79 Å². The number of hydrogen-bond donors (Lipinski definition) is 1. The van der Waals surface area contributed by atoms with E-state index in [0.29, 0.717) is 23.6 Å². The lowest BCUT2D eigenvalue weighted by Gasteiger charge is -2.16. The van der Waals surface area contributed by atoms with Crippen molar-refractivity contribution in [2.45, 2.75) is 6.54 Å². The average Bonchev–Trinajstić information content (AvgIpc) is 3.07. The molecule has 1 N–H and O–H groups in total. The molecule has 1 aliphatic heterocycles. The van der Waals surface area contributed by atoms with Crippen LogP contribution in [0.15, 0.2) is 30.6 Å². The van der Waals surface area contributed by atoms with E-state index in [-0.39, 0.29) is 12.7 Å². The quantitative estimate of drug-likeness (QED) is 0.905. The highest BCUT2D eigenvalue weighted by Gasteiger charge is 2.18. The molecule has 0 atom stereocenters. The Labute approximate surface area is 109 Å². The van der Waals surface area contributed by atoms with Crippen LogP contribution in [0.4, 0.5) is 0 Å². The van der Waals surface area contributed by atoms with Gasteiger partial charge in [-0.3, -0.25) is 9.89 Å². The van der Waals surface area contributed by atoms with Crippen molar-refractivity contribution in [2.75, 3.05) is 13.8 Å². The molecule has 2 aromatic rings. The minimum atomic E-state index is -0.0699. The largest absolute Gasteiger partial charge is 0.454 e. The van der Waals surface area contributed by atoms with Crippen molar-refractivity contribution < 1.29 is 14.3 Å². The number of amides is 1. The first-order valence-electron chi connectivity index (χ1n) is 5.87. The zero-order chi connectivity index (χ0) is 13.2. The molecule has 0 unspecified atom stereocenters. The minimum Gasteiger partial charge on any atom is -0.454 e. The zero-order valence-corrected chi connectivity index (χ0v) is 10.4. The second-order valence-corrected chi connectivity index (χ2v) is 4.34. The Hall–Kier alpha value is -2.50. The van der Waals surface area contributed by atoms with E-state index in [4.69, 9.17) is 9.47 Å². The summed E-state index contributed by atoms with van der Waals surface area (Å²) in [5.41, 5.74) is 1.53. The van der Waals surface area contributed by atoms with Crippen LogP contribution in [0, 0.1) is 0 Å². The first-order chi connectivity index (χ1) is 9.24. The number of carbonyl (C=O) groups excluding carboxylic acids is 1. The number of aromatic nitrogens is 2. The van der Waals surface area contributed by atoms with Gasteiger partial charge in [0, 0.05) is 30.9 Å². The van der Waals surface area contributed by atoms with Crippen LogP contribution in [-0.2, 0) is 6.54 Å². The molecule has 1 amide bonds. The van der Waals surface area contributed by atoms with Crippen LogP contribution in [0.5, 0.6) is 11.5 Å². The summed E-state index contributed by atoms with van der Waals surface area (Å²) in [6.45, 7) is 0.710. The first kappa shape index (κ1) is 11.6. The Kier molecular flexibility index (Phi) is 2.83. The molecule has 3 rings (SSSR count). The molecule has 0 spiro atoms. The predicted octanol–water partition coefficient (Wildman–Crippen LogP) is 1.41. The maximum absolute atomic E-state index is 12.3. The Morgan fingerprint density at radius 1 is 1.42 bits per heavy atom. The van der Waals surface area contributed by atoms with Gasteiger partial charge in [-0.2, -0.15) is 5.10 Å². The van der Waals surface area contributed by atoms with Crippen molar-refractivity contribution in [3.05, 3.63) is 41.7 Å². The monoisotopic (exact) mass is 259 g/mol. The summed E-state index contributed by atoms with van der Waals surface area (Å²) in [5, 5.41) is 6.58. The van der Waals surface area contributed by atoms with Crippen molar-refractivity contribution in [1.82, 2.24) is 15.1 Å². The van der Waals surface area contributed by atoms with Gasteiger partial charge in [-0.25, -0.2) is 0 Å². The molecule has 6 nitrogen and oxygen atoms in total. The average molecular weight is 259 g/mol. The summed E-state index contributed by atoms with van der Waals surface area (Å²) >= 11 is 0. The fraction of sp³-hybridized carbons (Fsp3) is 0.231. The van der Waals surface area contributed by atoms with Gasteiger partial charge < -0.3 is 14.4 Å². The Balaban J connectivity index is 1.76. The van der Waals surface area contributed by atoms with E-state index in [1.54, 1.807) is 42.5 Å². The molecule has 0 radical (unpaired) electrons. The fourth-order valence-corrected chi connectivity index (χ4v) is 1.96. The number of benzene rings is 1. The number of aromatic amines is 1. The second kappa shape index (κ2) is 4.64. The topological polar surface area (TPSA) is 67.5 Å². The number of ether oxygens (including phenoxy) is 2. The van der Waals surface area contributed by atoms with E-state index >= 15 is 0 Å². The molecule has 1 aliphatic rings. The second-order valence-electron chi connectivity index (χ2n) is 4.34. The number of nitrogens with one attached hydrogen (secondary N) is 1. The highest BCUT2D eigenvalue weighted by atomic mass is 16.7. The van der Waals surface area contributed by atoms with Crippen LogP contribution in [0.3, 0.4) is 0 Å². The summed E-state index contributed by atoms with van der Waals surface area (Å²) in [4.78, 5) is 13.9. The lowest BCUT2D eigenvalue weighted by molar-refractivity contribution is 0.0784. The molecule has 1 aromatic heterocycles. The number of hydrogen-bond acceptors (Lipinski definition) is 4. The third-order valence-corrected chi connectivity index (χ3v) is 2.94. The van der Waals surface area contributed by atoms with Crippen LogP contribution in [0.2, 0.25) is 0 Å². The van der Waals surface area contributed by atoms with Crippen LogP contribution >= 0.6 is 0 Å². The van der Waals surface area contributed by atoms with Gasteiger partial charge in [-0.05, 0) is 18.2 Å². The summed E-state index contributed by atoms with van der Waals surface area (Å²) in [6.07, 6.45) is 3.47. The van der Waals surface area contributed by atoms with Gasteiger partial charge in [-0.15, -0.1) is 0 Å². The molecular formula is C13H13N3O3. The maximum atomic E-state index is 12.3. The molecule has 0 saturated heterocycles. The third kappa shape index (κ3) is 2.24. The van der Waals surface area contributed by atoms with Crippen molar-refractivity contribution >= 4 is 5.91 Å².